The maximum atomic E-state index is 12.7. The van der Waals surface area contributed by atoms with Crippen LogP contribution in [0.3, 0.4) is 0 Å². The third-order valence-corrected chi connectivity index (χ3v) is 5.25. The van der Waals surface area contributed by atoms with Crippen molar-refractivity contribution in [1.82, 2.24) is 14.7 Å². The van der Waals surface area contributed by atoms with E-state index in [9.17, 15) is 9.90 Å². The fraction of sp³-hybridized carbons (Fsp3) is 0.600. The van der Waals surface area contributed by atoms with Gasteiger partial charge in [0.05, 0.1) is 24.9 Å². The molecule has 26 heavy (non-hydrogen) atoms. The summed E-state index contributed by atoms with van der Waals surface area (Å²) in [5.74, 6) is 1.10. The van der Waals surface area contributed by atoms with E-state index >= 15 is 0 Å². The van der Waals surface area contributed by atoms with Crippen LogP contribution >= 0.6 is 0 Å². The molecule has 2 aromatic rings. The van der Waals surface area contributed by atoms with Crippen LogP contribution in [-0.4, -0.2) is 39.7 Å². The topological polar surface area (TPSA) is 75.9 Å². The van der Waals surface area contributed by atoms with Crippen LogP contribution in [0.25, 0.3) is 5.65 Å². The van der Waals surface area contributed by atoms with Crippen molar-refractivity contribution in [2.75, 3.05) is 13.2 Å². The molecule has 0 bridgehead atoms. The Morgan fingerprint density at radius 1 is 1.42 bits per heavy atom. The Balaban J connectivity index is 1.81. The lowest BCUT2D eigenvalue weighted by Crippen LogP contribution is -2.37. The van der Waals surface area contributed by atoms with Crippen LogP contribution in [0.5, 0.6) is 5.75 Å². The van der Waals surface area contributed by atoms with Crippen LogP contribution in [0.15, 0.2) is 18.3 Å². The minimum absolute atomic E-state index is 0.0756. The molecule has 6 nitrogen and oxygen atoms in total. The Kier molecular flexibility index (Phi) is 6.14. The van der Waals surface area contributed by atoms with Gasteiger partial charge in [-0.05, 0) is 44.2 Å². The summed E-state index contributed by atoms with van der Waals surface area (Å²) in [6.07, 6.45) is 8.86. The van der Waals surface area contributed by atoms with Gasteiger partial charge in [-0.2, -0.15) is 0 Å². The summed E-state index contributed by atoms with van der Waals surface area (Å²) in [4.78, 5) is 17.2. The molecule has 1 aliphatic rings. The van der Waals surface area contributed by atoms with E-state index in [0.717, 1.165) is 5.75 Å². The van der Waals surface area contributed by atoms with Crippen molar-refractivity contribution in [3.63, 3.8) is 0 Å². The Hall–Kier alpha value is -2.08. The van der Waals surface area contributed by atoms with Crippen molar-refractivity contribution in [2.24, 2.45) is 5.92 Å². The van der Waals surface area contributed by atoms with Gasteiger partial charge in [0.1, 0.15) is 5.69 Å². The number of aliphatic hydroxyl groups is 1. The van der Waals surface area contributed by atoms with Gasteiger partial charge in [-0.15, -0.1) is 0 Å². The minimum atomic E-state index is -0.252. The highest BCUT2D eigenvalue weighted by Crippen LogP contribution is 2.27. The van der Waals surface area contributed by atoms with E-state index in [-0.39, 0.29) is 18.6 Å². The minimum Gasteiger partial charge on any atom is -0.489 e. The van der Waals surface area contributed by atoms with Crippen LogP contribution in [0.4, 0.5) is 0 Å². The standard InChI is InChI=1S/C20H29N3O3/c1-3-16(12-24)22-20(25)18-14(2)21-19-17(10-7-11-23(18)19)26-13-15-8-5-4-6-9-15/h7,10-11,15-16,24H,3-6,8-9,12-13H2,1-2H3,(H,22,25). The number of aryl methyl sites for hydroxylation is 1. The summed E-state index contributed by atoms with van der Waals surface area (Å²) in [7, 11) is 0. The first-order chi connectivity index (χ1) is 12.6. The largest absolute Gasteiger partial charge is 0.489 e. The highest BCUT2D eigenvalue weighted by Gasteiger charge is 2.21. The Labute approximate surface area is 154 Å². The van der Waals surface area contributed by atoms with E-state index in [1.54, 1.807) is 4.40 Å². The maximum absolute atomic E-state index is 12.7. The molecule has 3 rings (SSSR count). The number of aliphatic hydroxyl groups excluding tert-OH is 1. The summed E-state index contributed by atoms with van der Waals surface area (Å²) < 4.78 is 7.86. The van der Waals surface area contributed by atoms with Gasteiger partial charge < -0.3 is 15.2 Å². The molecule has 6 heteroatoms. The molecular weight excluding hydrogens is 330 g/mol. The summed E-state index contributed by atoms with van der Waals surface area (Å²) in [5.41, 5.74) is 1.82. The lowest BCUT2D eigenvalue weighted by atomic mass is 9.90. The van der Waals surface area contributed by atoms with E-state index in [1.165, 1.54) is 32.1 Å². The number of nitrogens with one attached hydrogen (secondary N) is 1. The van der Waals surface area contributed by atoms with Gasteiger partial charge in [0.25, 0.3) is 5.91 Å². The van der Waals surface area contributed by atoms with Crippen molar-refractivity contribution >= 4 is 11.6 Å². The number of hydrogen-bond donors (Lipinski definition) is 2. The van der Waals surface area contributed by atoms with Gasteiger partial charge in [-0.25, -0.2) is 4.98 Å². The summed E-state index contributed by atoms with van der Waals surface area (Å²) in [6, 6.07) is 3.54. The Morgan fingerprint density at radius 3 is 2.88 bits per heavy atom. The molecule has 0 aliphatic heterocycles. The zero-order valence-electron chi connectivity index (χ0n) is 15.7. The van der Waals surface area contributed by atoms with Gasteiger partial charge in [0.2, 0.25) is 0 Å². The highest BCUT2D eigenvalue weighted by atomic mass is 16.5. The second kappa shape index (κ2) is 8.54. The molecule has 2 aromatic heterocycles. The second-order valence-electron chi connectivity index (χ2n) is 7.19. The summed E-state index contributed by atoms with van der Waals surface area (Å²) in [6.45, 7) is 4.38. The Morgan fingerprint density at radius 2 is 2.19 bits per heavy atom. The van der Waals surface area contributed by atoms with Crippen molar-refractivity contribution in [1.29, 1.82) is 0 Å². The first kappa shape index (κ1) is 18.7. The Bertz CT molecular complexity index is 746. The molecule has 1 atom stereocenters. The van der Waals surface area contributed by atoms with E-state index < -0.39 is 0 Å². The molecule has 0 spiro atoms. The lowest BCUT2D eigenvalue weighted by molar-refractivity contribution is 0.0908. The zero-order chi connectivity index (χ0) is 18.5. The number of fused-ring (bicyclic) bond motifs is 1. The van der Waals surface area contributed by atoms with Crippen molar-refractivity contribution in [3.8, 4) is 5.75 Å². The number of nitrogens with zero attached hydrogens (tertiary/aromatic N) is 2. The SMILES string of the molecule is CCC(CO)NC(=O)c1c(C)nc2c(OCC3CCCCC3)cccn12. The van der Waals surface area contributed by atoms with Gasteiger partial charge in [-0.3, -0.25) is 9.20 Å². The fourth-order valence-electron chi connectivity index (χ4n) is 3.63. The van der Waals surface area contributed by atoms with Crippen LogP contribution in [0, 0.1) is 12.8 Å². The monoisotopic (exact) mass is 359 g/mol. The summed E-state index contributed by atoms with van der Waals surface area (Å²) in [5, 5.41) is 12.2. The number of aromatic nitrogens is 2. The average Bonchev–Trinajstić information content (AvgIpc) is 3.01. The third kappa shape index (κ3) is 4.01. The molecule has 0 radical (unpaired) electrons. The number of ether oxygens (including phenoxy) is 1. The number of imidazole rings is 1. The predicted molar refractivity (Wildman–Crippen MR) is 101 cm³/mol. The predicted octanol–water partition coefficient (Wildman–Crippen LogP) is 3.10. The van der Waals surface area contributed by atoms with Crippen molar-refractivity contribution in [2.45, 2.75) is 58.4 Å². The van der Waals surface area contributed by atoms with Gasteiger partial charge in [-0.1, -0.05) is 26.2 Å². The molecule has 1 saturated carbocycles. The number of carbonyl (C=O) groups excluding carboxylic acids is 1. The average molecular weight is 359 g/mol. The number of amides is 1. The van der Waals surface area contributed by atoms with E-state index in [4.69, 9.17) is 4.74 Å². The third-order valence-electron chi connectivity index (χ3n) is 5.25. The normalized spacial score (nSPS) is 16.6. The number of rotatable bonds is 7. The van der Waals surface area contributed by atoms with Gasteiger partial charge in [0.15, 0.2) is 11.4 Å². The molecule has 142 valence electrons. The molecular formula is C20H29N3O3. The van der Waals surface area contributed by atoms with Gasteiger partial charge >= 0.3 is 0 Å². The number of pyridine rings is 1. The molecule has 2 N–H and O–H groups in total. The smallest absolute Gasteiger partial charge is 0.270 e. The van der Waals surface area contributed by atoms with Crippen LogP contribution in [0.2, 0.25) is 0 Å². The first-order valence-electron chi connectivity index (χ1n) is 9.66. The van der Waals surface area contributed by atoms with E-state index in [2.05, 4.69) is 10.3 Å². The van der Waals surface area contributed by atoms with E-state index in [1.807, 2.05) is 32.2 Å². The molecule has 1 amide bonds. The molecule has 2 heterocycles. The fourth-order valence-corrected chi connectivity index (χ4v) is 3.63. The zero-order valence-corrected chi connectivity index (χ0v) is 15.7. The second-order valence-corrected chi connectivity index (χ2v) is 7.19. The highest BCUT2D eigenvalue weighted by molar-refractivity contribution is 5.95. The van der Waals surface area contributed by atoms with Crippen LogP contribution in [-0.2, 0) is 0 Å². The molecule has 0 saturated heterocycles. The molecule has 1 fully saturated rings. The quantitative estimate of drug-likeness (QED) is 0.796. The van der Waals surface area contributed by atoms with Crippen LogP contribution < -0.4 is 10.1 Å². The van der Waals surface area contributed by atoms with Crippen LogP contribution in [0.1, 0.15) is 61.6 Å². The molecule has 0 aromatic carbocycles. The van der Waals surface area contributed by atoms with E-state index in [0.29, 0.717) is 36.0 Å². The molecule has 1 aliphatic carbocycles. The van der Waals surface area contributed by atoms with Crippen molar-refractivity contribution < 1.29 is 14.6 Å². The number of carbonyl (C=O) groups is 1. The van der Waals surface area contributed by atoms with Crippen molar-refractivity contribution in [3.05, 3.63) is 29.7 Å². The first-order valence-corrected chi connectivity index (χ1v) is 9.66. The maximum Gasteiger partial charge on any atom is 0.270 e. The van der Waals surface area contributed by atoms with Gasteiger partial charge in [0, 0.05) is 6.20 Å². The summed E-state index contributed by atoms with van der Waals surface area (Å²) >= 11 is 0. The number of hydrogen-bond acceptors (Lipinski definition) is 4. The lowest BCUT2D eigenvalue weighted by Gasteiger charge is -2.21. The molecule has 1 unspecified atom stereocenters.